The summed E-state index contributed by atoms with van der Waals surface area (Å²) in [6.45, 7) is 1.16. The predicted octanol–water partition coefficient (Wildman–Crippen LogP) is 3.52. The molecule has 0 aliphatic heterocycles. The van der Waals surface area contributed by atoms with Gasteiger partial charge in [-0.2, -0.15) is 0 Å². The van der Waals surface area contributed by atoms with Gasteiger partial charge in [0.1, 0.15) is 0 Å². The van der Waals surface area contributed by atoms with Crippen molar-refractivity contribution in [2.45, 2.75) is 32.3 Å². The zero-order valence-corrected chi connectivity index (χ0v) is 14.8. The van der Waals surface area contributed by atoms with Gasteiger partial charge in [0.2, 0.25) is 5.91 Å². The molecule has 24 heavy (non-hydrogen) atoms. The SMILES string of the molecule is O=C(O)C1CCC(C(=O)NCCOCc2ccc(Cl)cc2Cl)CC1. The smallest absolute Gasteiger partial charge is 0.306 e. The third-order valence-corrected chi connectivity index (χ3v) is 4.85. The van der Waals surface area contributed by atoms with E-state index >= 15 is 0 Å². The van der Waals surface area contributed by atoms with Crippen LogP contribution in [0.25, 0.3) is 0 Å². The molecule has 0 radical (unpaired) electrons. The zero-order chi connectivity index (χ0) is 17.5. The summed E-state index contributed by atoms with van der Waals surface area (Å²) in [4.78, 5) is 23.0. The molecule has 132 valence electrons. The summed E-state index contributed by atoms with van der Waals surface area (Å²) in [6.07, 6.45) is 2.39. The Kier molecular flexibility index (Phi) is 7.34. The summed E-state index contributed by atoms with van der Waals surface area (Å²) < 4.78 is 5.51. The zero-order valence-electron chi connectivity index (χ0n) is 13.3. The third kappa shape index (κ3) is 5.65. The normalized spacial score (nSPS) is 20.6. The number of halogens is 2. The minimum absolute atomic E-state index is 0.0213. The second kappa shape index (κ2) is 9.25. The van der Waals surface area contributed by atoms with Crippen LogP contribution < -0.4 is 5.32 Å². The van der Waals surface area contributed by atoms with Crippen LogP contribution in [0, 0.1) is 11.8 Å². The van der Waals surface area contributed by atoms with Gasteiger partial charge in [-0.15, -0.1) is 0 Å². The maximum Gasteiger partial charge on any atom is 0.306 e. The van der Waals surface area contributed by atoms with Crippen LogP contribution in [0.2, 0.25) is 10.0 Å². The Morgan fingerprint density at radius 3 is 2.46 bits per heavy atom. The summed E-state index contributed by atoms with van der Waals surface area (Å²) in [7, 11) is 0. The van der Waals surface area contributed by atoms with Gasteiger partial charge < -0.3 is 15.2 Å². The third-order valence-electron chi connectivity index (χ3n) is 4.27. The van der Waals surface area contributed by atoms with Gasteiger partial charge in [0.15, 0.2) is 0 Å². The van der Waals surface area contributed by atoms with E-state index in [1.807, 2.05) is 6.07 Å². The molecule has 0 spiro atoms. The lowest BCUT2D eigenvalue weighted by molar-refractivity contribution is -0.144. The maximum atomic E-state index is 12.0. The van der Waals surface area contributed by atoms with Gasteiger partial charge in [0.25, 0.3) is 0 Å². The minimum atomic E-state index is -0.761. The number of amides is 1. The van der Waals surface area contributed by atoms with Crippen molar-refractivity contribution in [2.24, 2.45) is 11.8 Å². The molecular weight excluding hydrogens is 353 g/mol. The highest BCUT2D eigenvalue weighted by atomic mass is 35.5. The van der Waals surface area contributed by atoms with Crippen molar-refractivity contribution in [1.82, 2.24) is 5.32 Å². The summed E-state index contributed by atoms with van der Waals surface area (Å²) in [5.41, 5.74) is 0.847. The predicted molar refractivity (Wildman–Crippen MR) is 92.2 cm³/mol. The van der Waals surface area contributed by atoms with E-state index in [0.29, 0.717) is 55.5 Å². The second-order valence-electron chi connectivity index (χ2n) is 5.97. The van der Waals surface area contributed by atoms with Crippen LogP contribution in [0.1, 0.15) is 31.2 Å². The molecule has 1 amide bonds. The molecule has 1 aliphatic rings. The van der Waals surface area contributed by atoms with Crippen molar-refractivity contribution in [3.8, 4) is 0 Å². The number of carboxylic acid groups (broad SMARTS) is 1. The van der Waals surface area contributed by atoms with E-state index in [9.17, 15) is 9.59 Å². The molecule has 1 aromatic carbocycles. The molecule has 2 N–H and O–H groups in total. The highest BCUT2D eigenvalue weighted by molar-refractivity contribution is 6.35. The standard InChI is InChI=1S/C17H21Cl2NO4/c18-14-6-5-13(15(19)9-14)10-24-8-7-20-16(21)11-1-3-12(4-2-11)17(22)23/h5-6,9,11-12H,1-4,7-8,10H2,(H,20,21)(H,22,23). The molecule has 0 aromatic heterocycles. The highest BCUT2D eigenvalue weighted by Gasteiger charge is 2.29. The largest absolute Gasteiger partial charge is 0.481 e. The average molecular weight is 374 g/mol. The molecule has 1 saturated carbocycles. The number of aliphatic carboxylic acids is 1. The van der Waals surface area contributed by atoms with Gasteiger partial charge in [0, 0.05) is 22.5 Å². The molecule has 0 saturated heterocycles. The molecule has 0 atom stereocenters. The minimum Gasteiger partial charge on any atom is -0.481 e. The van der Waals surface area contributed by atoms with Gasteiger partial charge in [-0.25, -0.2) is 0 Å². The molecule has 1 aromatic rings. The van der Waals surface area contributed by atoms with Crippen molar-refractivity contribution in [3.05, 3.63) is 33.8 Å². The van der Waals surface area contributed by atoms with Gasteiger partial charge in [0.05, 0.1) is 19.1 Å². The first-order chi connectivity index (χ1) is 11.5. The Morgan fingerprint density at radius 2 is 1.83 bits per heavy atom. The van der Waals surface area contributed by atoms with E-state index in [0.717, 1.165) is 5.56 Å². The van der Waals surface area contributed by atoms with Crippen molar-refractivity contribution in [3.63, 3.8) is 0 Å². The first-order valence-electron chi connectivity index (χ1n) is 7.99. The molecule has 7 heteroatoms. The molecule has 1 aliphatic carbocycles. The number of nitrogens with one attached hydrogen (secondary N) is 1. The Labute approximate surface area is 151 Å². The van der Waals surface area contributed by atoms with Crippen LogP contribution in [-0.4, -0.2) is 30.1 Å². The highest BCUT2D eigenvalue weighted by Crippen LogP contribution is 2.29. The van der Waals surface area contributed by atoms with Crippen LogP contribution in [-0.2, 0) is 20.9 Å². The van der Waals surface area contributed by atoms with E-state index in [4.69, 9.17) is 33.0 Å². The number of carboxylic acids is 1. The molecule has 2 rings (SSSR count). The van der Waals surface area contributed by atoms with Gasteiger partial charge in [-0.3, -0.25) is 9.59 Å². The number of hydrogen-bond donors (Lipinski definition) is 2. The number of carbonyl (C=O) groups is 2. The summed E-state index contributed by atoms with van der Waals surface area (Å²) >= 11 is 11.9. The van der Waals surface area contributed by atoms with Gasteiger partial charge >= 0.3 is 5.97 Å². The molecule has 0 heterocycles. The van der Waals surface area contributed by atoms with Crippen LogP contribution in [0.4, 0.5) is 0 Å². The summed E-state index contributed by atoms with van der Waals surface area (Å²) in [6, 6.07) is 5.22. The maximum absolute atomic E-state index is 12.0. The topological polar surface area (TPSA) is 75.6 Å². The Hall–Kier alpha value is -1.30. The summed E-state index contributed by atoms with van der Waals surface area (Å²) in [5, 5.41) is 12.9. The van der Waals surface area contributed by atoms with Gasteiger partial charge in [-0.1, -0.05) is 29.3 Å². The lowest BCUT2D eigenvalue weighted by atomic mass is 9.81. The van der Waals surface area contributed by atoms with Crippen molar-refractivity contribution in [2.75, 3.05) is 13.2 Å². The Bertz CT molecular complexity index is 586. The number of carbonyl (C=O) groups excluding carboxylic acids is 1. The molecule has 5 nitrogen and oxygen atoms in total. The van der Waals surface area contributed by atoms with Crippen molar-refractivity contribution >= 4 is 35.1 Å². The monoisotopic (exact) mass is 373 g/mol. The summed E-state index contributed by atoms with van der Waals surface area (Å²) in [5.74, 6) is -1.18. The molecule has 1 fully saturated rings. The number of ether oxygens (including phenoxy) is 1. The second-order valence-corrected chi connectivity index (χ2v) is 6.81. The van der Waals surface area contributed by atoms with Crippen LogP contribution in [0.5, 0.6) is 0 Å². The molecule has 0 bridgehead atoms. The lowest BCUT2D eigenvalue weighted by Gasteiger charge is -2.25. The Balaban J connectivity index is 1.62. The van der Waals surface area contributed by atoms with E-state index in [1.54, 1.807) is 12.1 Å². The Morgan fingerprint density at radius 1 is 1.17 bits per heavy atom. The number of benzene rings is 1. The number of hydrogen-bond acceptors (Lipinski definition) is 3. The fourth-order valence-electron chi connectivity index (χ4n) is 2.81. The van der Waals surface area contributed by atoms with Crippen LogP contribution >= 0.6 is 23.2 Å². The average Bonchev–Trinajstić information content (AvgIpc) is 2.56. The van der Waals surface area contributed by atoms with Crippen LogP contribution in [0.3, 0.4) is 0 Å². The van der Waals surface area contributed by atoms with E-state index in [1.165, 1.54) is 0 Å². The van der Waals surface area contributed by atoms with Crippen molar-refractivity contribution < 1.29 is 19.4 Å². The fourth-order valence-corrected chi connectivity index (χ4v) is 3.28. The first-order valence-corrected chi connectivity index (χ1v) is 8.75. The van der Waals surface area contributed by atoms with Crippen LogP contribution in [0.15, 0.2) is 18.2 Å². The quantitative estimate of drug-likeness (QED) is 0.716. The fraction of sp³-hybridized carbons (Fsp3) is 0.529. The van der Waals surface area contributed by atoms with E-state index < -0.39 is 5.97 Å². The first kappa shape index (κ1) is 19.0. The number of rotatable bonds is 7. The van der Waals surface area contributed by atoms with Crippen molar-refractivity contribution in [1.29, 1.82) is 0 Å². The van der Waals surface area contributed by atoms with E-state index in [-0.39, 0.29) is 17.7 Å². The van der Waals surface area contributed by atoms with Gasteiger partial charge in [-0.05, 0) is 43.4 Å². The molecular formula is C17H21Cl2NO4. The molecule has 0 unspecified atom stereocenters. The lowest BCUT2D eigenvalue weighted by Crippen LogP contribution is -2.36. The van der Waals surface area contributed by atoms with E-state index in [2.05, 4.69) is 5.32 Å².